The maximum absolute atomic E-state index is 13.2. The molecule has 5 rings (SSSR count). The molecule has 40 heavy (non-hydrogen) atoms. The van der Waals surface area contributed by atoms with Crippen molar-refractivity contribution in [3.63, 3.8) is 0 Å². The summed E-state index contributed by atoms with van der Waals surface area (Å²) in [7, 11) is 3.61. The van der Waals surface area contributed by atoms with Gasteiger partial charge in [-0.2, -0.15) is 0 Å². The Labute approximate surface area is 238 Å². The van der Waals surface area contributed by atoms with E-state index in [4.69, 9.17) is 28.9 Å². The monoisotopic (exact) mass is 584 g/mol. The van der Waals surface area contributed by atoms with Crippen molar-refractivity contribution in [3.8, 4) is 16.9 Å². The van der Waals surface area contributed by atoms with Crippen LogP contribution in [-0.4, -0.2) is 74.1 Å². The number of piperazine rings is 1. The number of likely N-dealkylation sites (N-methyl/N-ethyl adjacent to an activating group) is 1. The number of primary amides is 1. The van der Waals surface area contributed by atoms with E-state index in [2.05, 4.69) is 32.1 Å². The Kier molecular flexibility index (Phi) is 7.41. The molecule has 1 aliphatic rings. The molecule has 1 fully saturated rings. The summed E-state index contributed by atoms with van der Waals surface area (Å²) in [6.07, 6.45) is 2.90. The van der Waals surface area contributed by atoms with E-state index < -0.39 is 17.6 Å². The molecule has 12 nitrogen and oxygen atoms in total. The zero-order valence-corrected chi connectivity index (χ0v) is 23.2. The number of nitrogens with two attached hydrogens (primary N) is 1. The zero-order valence-electron chi connectivity index (χ0n) is 21.7. The molecule has 0 atom stereocenters. The quantitative estimate of drug-likeness (QED) is 0.312. The highest BCUT2D eigenvalue weighted by Crippen LogP contribution is 2.36. The lowest BCUT2D eigenvalue weighted by Gasteiger charge is -2.33. The number of aromatic hydroxyl groups is 1. The van der Waals surface area contributed by atoms with Gasteiger partial charge in [0.1, 0.15) is 23.8 Å². The van der Waals surface area contributed by atoms with Gasteiger partial charge in [0, 0.05) is 45.0 Å². The van der Waals surface area contributed by atoms with E-state index in [1.165, 1.54) is 27.6 Å². The van der Waals surface area contributed by atoms with Crippen molar-refractivity contribution in [2.45, 2.75) is 6.54 Å². The van der Waals surface area contributed by atoms with Crippen LogP contribution in [0.2, 0.25) is 10.0 Å². The molecular formula is C26H26Cl2N8O4. The predicted molar refractivity (Wildman–Crippen MR) is 153 cm³/mol. The Morgan fingerprint density at radius 3 is 2.52 bits per heavy atom. The second-order valence-corrected chi connectivity index (χ2v) is 10.4. The third kappa shape index (κ3) is 5.20. The maximum Gasteiger partial charge on any atom is 0.263 e. The van der Waals surface area contributed by atoms with E-state index in [1.807, 2.05) is 6.07 Å². The summed E-state index contributed by atoms with van der Waals surface area (Å²) in [5.74, 6) is -0.868. The lowest BCUT2D eigenvalue weighted by Crippen LogP contribution is -2.44. The summed E-state index contributed by atoms with van der Waals surface area (Å²) in [5, 5.41) is 13.3. The Bertz CT molecular complexity index is 1710. The fourth-order valence-corrected chi connectivity index (χ4v) is 4.98. The van der Waals surface area contributed by atoms with Crippen LogP contribution in [0.4, 0.5) is 11.6 Å². The fraction of sp³-hybridized carbons (Fsp3) is 0.269. The Balaban J connectivity index is 1.49. The molecule has 208 valence electrons. The molecule has 0 saturated carbocycles. The molecule has 14 heteroatoms. The number of phenols is 1. The van der Waals surface area contributed by atoms with Crippen LogP contribution in [0.3, 0.4) is 0 Å². The zero-order chi connectivity index (χ0) is 28.7. The van der Waals surface area contributed by atoms with E-state index in [9.17, 15) is 19.5 Å². The smallest absolute Gasteiger partial charge is 0.263 e. The SMILES string of the molecule is CN1CCN(c2ccc(Cl)c(NC(=O)Cn3cc(-c4cc(Cl)c(O)c(C(N)=O)c4)c4c(=O)n(C)cnc43)n2)CC1. The number of aryl methyl sites for hydroxylation is 1. The summed E-state index contributed by atoms with van der Waals surface area (Å²) in [4.78, 5) is 51.5. The normalized spacial score (nSPS) is 14.1. The average molecular weight is 585 g/mol. The fourth-order valence-electron chi connectivity index (χ4n) is 4.60. The van der Waals surface area contributed by atoms with Gasteiger partial charge in [0.15, 0.2) is 5.82 Å². The number of nitrogens with one attached hydrogen (secondary N) is 1. The minimum atomic E-state index is -0.890. The van der Waals surface area contributed by atoms with Gasteiger partial charge < -0.3 is 35.1 Å². The van der Waals surface area contributed by atoms with Gasteiger partial charge in [0.05, 0.1) is 27.3 Å². The summed E-state index contributed by atoms with van der Waals surface area (Å²) in [6, 6.07) is 6.25. The minimum Gasteiger partial charge on any atom is -0.506 e. The van der Waals surface area contributed by atoms with Gasteiger partial charge in [-0.1, -0.05) is 23.2 Å². The molecule has 0 radical (unpaired) electrons. The second kappa shape index (κ2) is 10.8. The summed E-state index contributed by atoms with van der Waals surface area (Å²) < 4.78 is 2.80. The van der Waals surface area contributed by atoms with Gasteiger partial charge in [-0.25, -0.2) is 9.97 Å². The highest BCUT2D eigenvalue weighted by atomic mass is 35.5. The second-order valence-electron chi connectivity index (χ2n) is 9.59. The molecule has 0 unspecified atom stereocenters. The minimum absolute atomic E-state index is 0.119. The molecule has 2 amide bonds. The number of anilines is 2. The Morgan fingerprint density at radius 2 is 1.82 bits per heavy atom. The lowest BCUT2D eigenvalue weighted by atomic mass is 10.0. The van der Waals surface area contributed by atoms with E-state index >= 15 is 0 Å². The van der Waals surface area contributed by atoms with Gasteiger partial charge in [0.2, 0.25) is 5.91 Å². The summed E-state index contributed by atoms with van der Waals surface area (Å²) in [6.45, 7) is 3.18. The largest absolute Gasteiger partial charge is 0.506 e. The number of fused-ring (bicyclic) bond motifs is 1. The molecule has 3 aromatic heterocycles. The number of rotatable bonds is 6. The standard InChI is InChI=1S/C26H26Cl2N8O4/c1-33-5-7-35(8-6-33)19-4-3-17(27)24(31-19)32-20(37)12-36-11-16(21-25(36)30-13-34(2)26(21)40)14-9-15(23(29)39)22(38)18(28)10-14/h3-4,9-11,13,38H,5-8,12H2,1-2H3,(H2,29,39)(H,31,32,37). The highest BCUT2D eigenvalue weighted by molar-refractivity contribution is 6.33. The van der Waals surface area contributed by atoms with Crippen molar-refractivity contribution in [3.05, 3.63) is 62.8 Å². The molecule has 1 aliphatic heterocycles. The molecule has 0 spiro atoms. The first-order chi connectivity index (χ1) is 19.0. The predicted octanol–water partition coefficient (Wildman–Crippen LogP) is 2.30. The third-order valence-corrected chi connectivity index (χ3v) is 7.40. The van der Waals surface area contributed by atoms with Crippen molar-refractivity contribution in [2.75, 3.05) is 43.4 Å². The lowest BCUT2D eigenvalue weighted by molar-refractivity contribution is -0.116. The van der Waals surface area contributed by atoms with Crippen LogP contribution in [0.25, 0.3) is 22.2 Å². The number of benzene rings is 1. The number of nitrogens with zero attached hydrogens (tertiary/aromatic N) is 6. The van der Waals surface area contributed by atoms with Gasteiger partial charge in [-0.15, -0.1) is 0 Å². The van der Waals surface area contributed by atoms with Crippen molar-refractivity contribution >= 4 is 57.7 Å². The highest BCUT2D eigenvalue weighted by Gasteiger charge is 2.22. The third-order valence-electron chi connectivity index (χ3n) is 6.81. The first kappa shape index (κ1) is 27.4. The van der Waals surface area contributed by atoms with E-state index in [0.29, 0.717) is 16.9 Å². The van der Waals surface area contributed by atoms with Crippen molar-refractivity contribution in [1.82, 2.24) is 24.0 Å². The number of hydrogen-bond acceptors (Lipinski definition) is 8. The van der Waals surface area contributed by atoms with Crippen molar-refractivity contribution in [1.29, 1.82) is 0 Å². The maximum atomic E-state index is 13.2. The van der Waals surface area contributed by atoms with Crippen molar-refractivity contribution in [2.24, 2.45) is 12.8 Å². The number of hydrogen-bond donors (Lipinski definition) is 3. The number of aromatic nitrogens is 4. The van der Waals surface area contributed by atoms with Crippen LogP contribution in [0.5, 0.6) is 5.75 Å². The average Bonchev–Trinajstić information content (AvgIpc) is 3.28. The number of amides is 2. The first-order valence-corrected chi connectivity index (χ1v) is 13.1. The number of carbonyl (C=O) groups is 2. The molecule has 4 aromatic rings. The summed E-state index contributed by atoms with van der Waals surface area (Å²) in [5.41, 5.74) is 5.75. The molecule has 1 saturated heterocycles. The summed E-state index contributed by atoms with van der Waals surface area (Å²) >= 11 is 12.5. The molecular weight excluding hydrogens is 559 g/mol. The van der Waals surface area contributed by atoms with Gasteiger partial charge in [-0.3, -0.25) is 14.4 Å². The first-order valence-electron chi connectivity index (χ1n) is 12.3. The number of halogens is 2. The van der Waals surface area contributed by atoms with Gasteiger partial charge >= 0.3 is 0 Å². The number of carbonyl (C=O) groups excluding carboxylic acids is 2. The van der Waals surface area contributed by atoms with Crippen LogP contribution in [-0.2, 0) is 18.4 Å². The number of pyridine rings is 1. The Hall–Kier alpha value is -4.13. The van der Waals surface area contributed by atoms with E-state index in [1.54, 1.807) is 19.3 Å². The van der Waals surface area contributed by atoms with E-state index in [0.717, 1.165) is 26.2 Å². The molecule has 1 aromatic carbocycles. The molecule has 0 bridgehead atoms. The van der Waals surface area contributed by atoms with E-state index in [-0.39, 0.29) is 44.6 Å². The van der Waals surface area contributed by atoms with Gasteiger partial charge in [-0.05, 0) is 36.9 Å². The van der Waals surface area contributed by atoms with Crippen LogP contribution < -0.4 is 21.5 Å². The van der Waals surface area contributed by atoms with Crippen LogP contribution in [0.1, 0.15) is 10.4 Å². The van der Waals surface area contributed by atoms with Crippen LogP contribution in [0.15, 0.2) is 41.6 Å². The van der Waals surface area contributed by atoms with Gasteiger partial charge in [0.25, 0.3) is 11.5 Å². The Morgan fingerprint density at radius 1 is 1.10 bits per heavy atom. The van der Waals surface area contributed by atoms with Crippen LogP contribution >= 0.6 is 23.2 Å². The van der Waals surface area contributed by atoms with Crippen LogP contribution in [0, 0.1) is 0 Å². The molecule has 0 aliphatic carbocycles. The topological polar surface area (TPSA) is 152 Å². The van der Waals surface area contributed by atoms with Crippen molar-refractivity contribution < 1.29 is 14.7 Å². The molecule has 4 heterocycles. The molecule has 4 N–H and O–H groups in total.